The molecule has 0 aliphatic rings. The summed E-state index contributed by atoms with van der Waals surface area (Å²) in [6.45, 7) is -0.889. The minimum absolute atomic E-state index is 0.0651. The minimum Gasteiger partial charge on any atom is -0.490 e. The number of nitrogens with zero attached hydrogens (tertiary/aromatic N) is 1. The fraction of sp³-hybridized carbons (Fsp3) is 0.300. The molecule has 0 saturated heterocycles. The number of carbonyl (C=O) groups is 2. The van der Waals surface area contributed by atoms with Gasteiger partial charge in [-0.05, 0) is 36.8 Å². The predicted molar refractivity (Wildman–Crippen MR) is 99.5 cm³/mol. The van der Waals surface area contributed by atoms with Crippen LogP contribution in [0.25, 0.3) is 0 Å². The van der Waals surface area contributed by atoms with Crippen molar-refractivity contribution in [2.75, 3.05) is 20.2 Å². The zero-order valence-corrected chi connectivity index (χ0v) is 15.7. The Labute approximate surface area is 162 Å². The number of hydrogen-bond donors (Lipinski definition) is 1. The Morgan fingerprint density at radius 2 is 1.82 bits per heavy atom. The van der Waals surface area contributed by atoms with Crippen molar-refractivity contribution in [3.63, 3.8) is 0 Å². The van der Waals surface area contributed by atoms with Gasteiger partial charge < -0.3 is 19.7 Å². The molecule has 150 valence electrons. The summed E-state index contributed by atoms with van der Waals surface area (Å²) in [7, 11) is 1.58. The van der Waals surface area contributed by atoms with Crippen LogP contribution in [-0.2, 0) is 11.3 Å². The number of amides is 2. The summed E-state index contributed by atoms with van der Waals surface area (Å²) in [6, 6.07) is 13.1. The number of halogens is 2. The molecule has 0 aromatic heterocycles. The number of hydrogen-bond acceptors (Lipinski definition) is 4. The lowest BCUT2D eigenvalue weighted by Gasteiger charge is -2.19. The molecule has 0 bridgehead atoms. The Bertz CT molecular complexity index is 800. The number of ether oxygens (including phenoxy) is 2. The number of nitrogens with one attached hydrogen (secondary N) is 1. The third-order valence-corrected chi connectivity index (χ3v) is 3.81. The minimum atomic E-state index is -2.96. The summed E-state index contributed by atoms with van der Waals surface area (Å²) in [5.41, 5.74) is 1.14. The van der Waals surface area contributed by atoms with Gasteiger partial charge in [0.2, 0.25) is 5.91 Å². The smallest absolute Gasteiger partial charge is 0.387 e. The largest absolute Gasteiger partial charge is 0.490 e. The van der Waals surface area contributed by atoms with Crippen molar-refractivity contribution >= 4 is 11.8 Å². The molecule has 8 heteroatoms. The summed E-state index contributed by atoms with van der Waals surface area (Å²) in [6.07, 6.45) is 0. The van der Waals surface area contributed by atoms with Crippen molar-refractivity contribution in [2.24, 2.45) is 0 Å². The maximum atomic E-state index is 12.5. The van der Waals surface area contributed by atoms with Crippen molar-refractivity contribution in [3.05, 3.63) is 59.7 Å². The molecule has 0 atom stereocenters. The topological polar surface area (TPSA) is 67.9 Å². The van der Waals surface area contributed by atoms with Crippen LogP contribution in [0.3, 0.4) is 0 Å². The first-order chi connectivity index (χ1) is 13.4. The van der Waals surface area contributed by atoms with Gasteiger partial charge in [0.05, 0.1) is 13.2 Å². The molecule has 0 aliphatic heterocycles. The van der Waals surface area contributed by atoms with Crippen LogP contribution in [0.5, 0.6) is 11.5 Å². The molecule has 0 unspecified atom stereocenters. The molecule has 2 aromatic rings. The first-order valence-electron chi connectivity index (χ1n) is 8.68. The van der Waals surface area contributed by atoms with Crippen LogP contribution in [0.1, 0.15) is 22.8 Å². The first kappa shape index (κ1) is 21.1. The van der Waals surface area contributed by atoms with E-state index in [1.165, 1.54) is 11.0 Å². The van der Waals surface area contributed by atoms with Crippen molar-refractivity contribution in [3.8, 4) is 11.5 Å². The van der Waals surface area contributed by atoms with Crippen LogP contribution < -0.4 is 14.8 Å². The SMILES string of the molecule is CCOc1cc(CN(C)C(=O)CNC(=O)c2ccccc2)ccc1OC(F)F. The number of carbonyl (C=O) groups excluding carboxylic acids is 2. The lowest BCUT2D eigenvalue weighted by molar-refractivity contribution is -0.129. The van der Waals surface area contributed by atoms with Crippen molar-refractivity contribution in [1.29, 1.82) is 0 Å². The van der Waals surface area contributed by atoms with E-state index in [4.69, 9.17) is 4.74 Å². The first-order valence-corrected chi connectivity index (χ1v) is 8.68. The van der Waals surface area contributed by atoms with Crippen LogP contribution in [0.4, 0.5) is 8.78 Å². The second kappa shape index (κ2) is 10.2. The van der Waals surface area contributed by atoms with Gasteiger partial charge in [-0.1, -0.05) is 24.3 Å². The average molecular weight is 392 g/mol. The normalized spacial score (nSPS) is 10.5. The highest BCUT2D eigenvalue weighted by atomic mass is 19.3. The maximum Gasteiger partial charge on any atom is 0.387 e. The van der Waals surface area contributed by atoms with Gasteiger partial charge in [-0.3, -0.25) is 9.59 Å². The monoisotopic (exact) mass is 392 g/mol. The Morgan fingerprint density at radius 1 is 1.11 bits per heavy atom. The molecule has 28 heavy (non-hydrogen) atoms. The van der Waals surface area contributed by atoms with E-state index in [0.717, 1.165) is 0 Å². The van der Waals surface area contributed by atoms with E-state index in [0.29, 0.717) is 11.1 Å². The van der Waals surface area contributed by atoms with Gasteiger partial charge in [0.25, 0.3) is 5.91 Å². The molecule has 2 aromatic carbocycles. The van der Waals surface area contributed by atoms with E-state index in [2.05, 4.69) is 10.1 Å². The van der Waals surface area contributed by atoms with Crippen LogP contribution in [0.2, 0.25) is 0 Å². The van der Waals surface area contributed by atoms with Gasteiger partial charge in [-0.2, -0.15) is 8.78 Å². The van der Waals surface area contributed by atoms with Gasteiger partial charge in [-0.25, -0.2) is 0 Å². The van der Waals surface area contributed by atoms with Gasteiger partial charge in [0, 0.05) is 19.2 Å². The number of benzene rings is 2. The third-order valence-electron chi connectivity index (χ3n) is 3.81. The zero-order chi connectivity index (χ0) is 20.5. The van der Waals surface area contributed by atoms with E-state index in [9.17, 15) is 18.4 Å². The summed E-state index contributed by atoms with van der Waals surface area (Å²) in [5, 5.41) is 2.57. The Morgan fingerprint density at radius 3 is 2.46 bits per heavy atom. The van der Waals surface area contributed by atoms with Gasteiger partial charge in [0.1, 0.15) is 0 Å². The number of likely N-dealkylation sites (N-methyl/N-ethyl adjacent to an activating group) is 1. The standard InChI is InChI=1S/C20H22F2N2O4/c1-3-27-17-11-14(9-10-16(17)28-20(21)22)13-24(2)18(25)12-23-19(26)15-7-5-4-6-8-15/h4-11,20H,3,12-13H2,1-2H3,(H,23,26). The second-order valence-corrected chi connectivity index (χ2v) is 5.89. The van der Waals surface area contributed by atoms with E-state index < -0.39 is 6.61 Å². The molecule has 2 amide bonds. The average Bonchev–Trinajstić information content (AvgIpc) is 2.68. The second-order valence-electron chi connectivity index (χ2n) is 5.89. The highest BCUT2D eigenvalue weighted by Gasteiger charge is 2.15. The summed E-state index contributed by atoms with van der Waals surface area (Å²) >= 11 is 0. The molecular formula is C20H22F2N2O4. The van der Waals surface area contributed by atoms with Crippen molar-refractivity contribution < 1.29 is 27.8 Å². The van der Waals surface area contributed by atoms with Crippen molar-refractivity contribution in [2.45, 2.75) is 20.1 Å². The van der Waals surface area contributed by atoms with Crippen LogP contribution in [0, 0.1) is 0 Å². The summed E-state index contributed by atoms with van der Waals surface area (Å²) < 4.78 is 34.7. The van der Waals surface area contributed by atoms with Gasteiger partial charge in [0.15, 0.2) is 11.5 Å². The molecule has 0 radical (unpaired) electrons. The van der Waals surface area contributed by atoms with Crippen LogP contribution in [-0.4, -0.2) is 43.5 Å². The molecule has 6 nitrogen and oxygen atoms in total. The predicted octanol–water partition coefficient (Wildman–Crippen LogP) is 3.08. The Kier molecular flexibility index (Phi) is 7.74. The number of rotatable bonds is 9. The molecular weight excluding hydrogens is 370 g/mol. The van der Waals surface area contributed by atoms with Crippen LogP contribution in [0.15, 0.2) is 48.5 Å². The molecule has 0 aliphatic carbocycles. The van der Waals surface area contributed by atoms with Crippen LogP contribution >= 0.6 is 0 Å². The van der Waals surface area contributed by atoms with E-state index in [1.807, 2.05) is 0 Å². The molecule has 0 spiro atoms. The molecule has 0 heterocycles. The van der Waals surface area contributed by atoms with Gasteiger partial charge >= 0.3 is 6.61 Å². The quantitative estimate of drug-likeness (QED) is 0.712. The fourth-order valence-electron chi connectivity index (χ4n) is 2.46. The Balaban J connectivity index is 1.95. The highest BCUT2D eigenvalue weighted by Crippen LogP contribution is 2.30. The maximum absolute atomic E-state index is 12.5. The van der Waals surface area contributed by atoms with E-state index in [1.54, 1.807) is 56.4 Å². The highest BCUT2D eigenvalue weighted by molar-refractivity contribution is 5.96. The van der Waals surface area contributed by atoms with E-state index in [-0.39, 0.29) is 43.0 Å². The molecule has 2 rings (SSSR count). The summed E-state index contributed by atoms with van der Waals surface area (Å²) in [4.78, 5) is 25.7. The Hall–Kier alpha value is -3.16. The van der Waals surface area contributed by atoms with E-state index >= 15 is 0 Å². The molecule has 0 saturated carbocycles. The molecule has 0 fully saturated rings. The lowest BCUT2D eigenvalue weighted by Crippen LogP contribution is -2.37. The van der Waals surface area contributed by atoms with Gasteiger partial charge in [-0.15, -0.1) is 0 Å². The summed E-state index contributed by atoms with van der Waals surface area (Å²) in [5.74, 6) is -0.520. The zero-order valence-electron chi connectivity index (χ0n) is 15.7. The van der Waals surface area contributed by atoms with Crippen molar-refractivity contribution in [1.82, 2.24) is 10.2 Å². The number of alkyl halides is 2. The fourth-order valence-corrected chi connectivity index (χ4v) is 2.46. The lowest BCUT2D eigenvalue weighted by atomic mass is 10.2. The third kappa shape index (κ3) is 6.22. The molecule has 1 N–H and O–H groups in total.